The van der Waals surface area contributed by atoms with Gasteiger partial charge in [0.05, 0.1) is 24.5 Å². The Morgan fingerprint density at radius 2 is 1.82 bits per heavy atom. The topological polar surface area (TPSA) is 133 Å². The molecule has 0 saturated carbocycles. The van der Waals surface area contributed by atoms with Gasteiger partial charge in [0.25, 0.3) is 11.8 Å². The van der Waals surface area contributed by atoms with Gasteiger partial charge >= 0.3 is 0 Å². The zero-order valence-electron chi connectivity index (χ0n) is 30.8. The summed E-state index contributed by atoms with van der Waals surface area (Å²) in [5.74, 6) is -3.21. The highest BCUT2D eigenvalue weighted by atomic mass is 32.1. The predicted molar refractivity (Wildman–Crippen MR) is 207 cm³/mol. The molecular weight excluding hydrogens is 751 g/mol. The van der Waals surface area contributed by atoms with Crippen LogP contribution < -0.4 is 15.5 Å². The molecule has 290 valence electrons. The third-order valence-electron chi connectivity index (χ3n) is 12.2. The number of carbonyl (C=O) groups is 4. The lowest BCUT2D eigenvalue weighted by atomic mass is 9.89. The molecule has 5 aliphatic heterocycles. The largest absolute Gasteiger partial charge is 0.366 e. The van der Waals surface area contributed by atoms with Crippen LogP contribution in [0, 0.1) is 11.6 Å². The molecule has 10 rings (SSSR count). The molecule has 4 amide bonds. The van der Waals surface area contributed by atoms with Gasteiger partial charge in [-0.05, 0) is 72.7 Å². The number of amides is 4. The van der Waals surface area contributed by atoms with Gasteiger partial charge in [-0.3, -0.25) is 34.7 Å². The van der Waals surface area contributed by atoms with Gasteiger partial charge in [-0.25, -0.2) is 18.7 Å². The van der Waals surface area contributed by atoms with Crippen molar-refractivity contribution in [2.24, 2.45) is 0 Å². The number of anilines is 2. The Hall–Kier alpha value is -5.80. The molecule has 2 N–H and O–H groups in total. The summed E-state index contributed by atoms with van der Waals surface area (Å²) in [6.45, 7) is 2.97. The van der Waals surface area contributed by atoms with Crippen LogP contribution in [0.4, 0.5) is 19.6 Å². The molecule has 7 heterocycles. The highest BCUT2D eigenvalue weighted by Crippen LogP contribution is 2.40. The molecular formula is C42H38F2N8O4S. The van der Waals surface area contributed by atoms with Crippen LogP contribution in [0.1, 0.15) is 76.1 Å². The van der Waals surface area contributed by atoms with Crippen molar-refractivity contribution < 1.29 is 28.0 Å². The van der Waals surface area contributed by atoms with Crippen molar-refractivity contribution in [3.05, 3.63) is 118 Å². The molecule has 15 heteroatoms. The van der Waals surface area contributed by atoms with Crippen molar-refractivity contribution in [1.82, 2.24) is 29.7 Å². The summed E-state index contributed by atoms with van der Waals surface area (Å²) in [5.41, 5.74) is 5.47. The van der Waals surface area contributed by atoms with Crippen molar-refractivity contribution in [2.75, 3.05) is 23.3 Å². The second kappa shape index (κ2) is 14.0. The third-order valence-corrected chi connectivity index (χ3v) is 12.9. The van der Waals surface area contributed by atoms with Crippen molar-refractivity contribution >= 4 is 45.8 Å². The highest BCUT2D eigenvalue weighted by molar-refractivity contribution is 7.13. The second-order valence-corrected chi connectivity index (χ2v) is 16.4. The van der Waals surface area contributed by atoms with Crippen LogP contribution in [0.3, 0.4) is 0 Å². The normalized spacial score (nSPS) is 21.9. The van der Waals surface area contributed by atoms with Crippen molar-refractivity contribution in [1.29, 1.82) is 0 Å². The Kier molecular flexibility index (Phi) is 8.74. The molecule has 0 radical (unpaired) electrons. The van der Waals surface area contributed by atoms with E-state index in [0.29, 0.717) is 41.0 Å². The van der Waals surface area contributed by atoms with Gasteiger partial charge in [0, 0.05) is 84.3 Å². The summed E-state index contributed by atoms with van der Waals surface area (Å²) in [6, 6.07) is 15.7. The predicted octanol–water partition coefficient (Wildman–Crippen LogP) is 5.55. The quantitative estimate of drug-likeness (QED) is 0.186. The molecule has 0 aliphatic carbocycles. The number of piperazine rings is 1. The molecule has 2 bridgehead atoms. The molecule has 0 spiro atoms. The van der Waals surface area contributed by atoms with Crippen molar-refractivity contribution in [3.63, 3.8) is 0 Å². The number of halogens is 2. The summed E-state index contributed by atoms with van der Waals surface area (Å²) in [4.78, 5) is 66.7. The van der Waals surface area contributed by atoms with Crippen LogP contribution in [-0.2, 0) is 40.4 Å². The molecule has 3 saturated heterocycles. The zero-order chi connectivity index (χ0) is 38.9. The number of nitrogens with one attached hydrogen (secondary N) is 2. The van der Waals surface area contributed by atoms with E-state index in [2.05, 4.69) is 30.4 Å². The van der Waals surface area contributed by atoms with E-state index in [1.54, 1.807) is 30.0 Å². The van der Waals surface area contributed by atoms with Crippen LogP contribution in [0.2, 0.25) is 0 Å². The summed E-state index contributed by atoms with van der Waals surface area (Å²) in [7, 11) is 0. The van der Waals surface area contributed by atoms with E-state index in [4.69, 9.17) is 0 Å². The SMILES string of the molecule is O=C1CCC(c2ccc(CN3C[C@@H]4C[C@H]3CN4c3ccc(-c4cc(F)c5c(c4)C(=O)N(C(C(=O)Nc4nccs4)c4ncn6c4CCC6)C5)cc3)cc2F)C(=O)N1. The highest BCUT2D eigenvalue weighted by Gasteiger charge is 2.44. The summed E-state index contributed by atoms with van der Waals surface area (Å²) in [5, 5.41) is 7.31. The first-order valence-electron chi connectivity index (χ1n) is 19.3. The number of aryl methyl sites for hydroxylation is 1. The first kappa shape index (κ1) is 35.6. The Bertz CT molecular complexity index is 2450. The lowest BCUT2D eigenvalue weighted by molar-refractivity contribution is -0.134. The molecule has 4 atom stereocenters. The average molecular weight is 789 g/mol. The lowest BCUT2D eigenvalue weighted by Gasteiger charge is -2.35. The number of carbonyl (C=O) groups excluding carboxylic acids is 4. The third kappa shape index (κ3) is 6.29. The molecule has 57 heavy (non-hydrogen) atoms. The molecule has 2 aromatic heterocycles. The monoisotopic (exact) mass is 788 g/mol. The maximum Gasteiger partial charge on any atom is 0.255 e. The fourth-order valence-electron chi connectivity index (χ4n) is 9.45. The van der Waals surface area contributed by atoms with Crippen LogP contribution in [-0.4, -0.2) is 73.1 Å². The van der Waals surface area contributed by atoms with Gasteiger partial charge in [-0.2, -0.15) is 0 Å². The smallest absolute Gasteiger partial charge is 0.255 e. The number of imidazole rings is 1. The summed E-state index contributed by atoms with van der Waals surface area (Å²) >= 11 is 1.28. The Balaban J connectivity index is 0.824. The van der Waals surface area contributed by atoms with E-state index < -0.39 is 41.3 Å². The van der Waals surface area contributed by atoms with Crippen LogP contribution in [0.25, 0.3) is 11.1 Å². The number of likely N-dealkylation sites (tertiary alicyclic amines) is 1. The van der Waals surface area contributed by atoms with Crippen LogP contribution >= 0.6 is 11.3 Å². The number of aromatic nitrogens is 3. The van der Waals surface area contributed by atoms with E-state index in [1.165, 1.54) is 28.4 Å². The number of fused-ring (bicyclic) bond motifs is 4. The maximum absolute atomic E-state index is 15.9. The van der Waals surface area contributed by atoms with Crippen molar-refractivity contribution in [3.8, 4) is 11.1 Å². The maximum atomic E-state index is 15.9. The minimum Gasteiger partial charge on any atom is -0.366 e. The number of hydrogen-bond donors (Lipinski definition) is 2. The fraction of sp³-hybridized carbons (Fsp3) is 0.333. The molecule has 12 nitrogen and oxygen atoms in total. The standard InChI is InChI=1S/C42H38F2N8O4S/c43-33-14-23(3-8-29(33)30-9-10-36(53)47-39(30)54)18-50-19-28-17-27(50)20-51(28)26-6-4-24(5-7-26)25-15-31-32(34(44)16-25)21-52(41(31)56)38(40(55)48-42-45-11-13-57-42)37-35-2-1-12-49(35)22-46-37/h3-8,11,13-16,22,27-28,30,38H,1-2,9-10,12,17-21H2,(H,45,48,55)(H,47,53,54)/t27-,28-,30?,38?/m0/s1. The summed E-state index contributed by atoms with van der Waals surface area (Å²) in [6.07, 6.45) is 6.45. The minimum atomic E-state index is -1.05. The number of thiazole rings is 1. The Labute approximate surface area is 330 Å². The van der Waals surface area contributed by atoms with Crippen molar-refractivity contribution in [2.45, 2.75) is 75.8 Å². The molecule has 5 aliphatic rings. The fourth-order valence-corrected chi connectivity index (χ4v) is 9.98. The number of rotatable bonds is 9. The number of imide groups is 1. The van der Waals surface area contributed by atoms with Gasteiger partial charge < -0.3 is 14.4 Å². The Morgan fingerprint density at radius 3 is 2.58 bits per heavy atom. The number of piperidine rings is 1. The van der Waals surface area contributed by atoms with Gasteiger partial charge in [0.2, 0.25) is 11.8 Å². The van der Waals surface area contributed by atoms with Gasteiger partial charge in [0.15, 0.2) is 11.2 Å². The minimum absolute atomic E-state index is 0.0569. The first-order chi connectivity index (χ1) is 27.7. The van der Waals surface area contributed by atoms with E-state index >= 15 is 8.78 Å². The average Bonchev–Trinajstić information content (AvgIpc) is 4.06. The molecule has 3 fully saturated rings. The van der Waals surface area contributed by atoms with E-state index in [-0.39, 0.29) is 36.0 Å². The van der Waals surface area contributed by atoms with Gasteiger partial charge in [-0.1, -0.05) is 24.3 Å². The molecule has 5 aromatic rings. The van der Waals surface area contributed by atoms with E-state index in [9.17, 15) is 19.2 Å². The van der Waals surface area contributed by atoms with Gasteiger partial charge in [-0.15, -0.1) is 11.3 Å². The number of hydrogen-bond acceptors (Lipinski definition) is 9. The number of nitrogens with zero attached hydrogens (tertiary/aromatic N) is 6. The second-order valence-electron chi connectivity index (χ2n) is 15.6. The zero-order valence-corrected chi connectivity index (χ0v) is 31.6. The van der Waals surface area contributed by atoms with Crippen LogP contribution in [0.5, 0.6) is 0 Å². The molecule has 3 aromatic carbocycles. The molecule has 2 unspecified atom stereocenters. The van der Waals surface area contributed by atoms with Crippen LogP contribution in [0.15, 0.2) is 72.5 Å². The lowest BCUT2D eigenvalue weighted by Crippen LogP contribution is -2.46. The first-order valence-corrected chi connectivity index (χ1v) is 20.2. The van der Waals surface area contributed by atoms with E-state index in [0.717, 1.165) is 61.4 Å². The Morgan fingerprint density at radius 1 is 0.965 bits per heavy atom. The summed E-state index contributed by atoms with van der Waals surface area (Å²) < 4.78 is 33.1. The van der Waals surface area contributed by atoms with E-state index in [1.807, 2.05) is 34.9 Å². The van der Waals surface area contributed by atoms with Gasteiger partial charge in [0.1, 0.15) is 11.6 Å². The number of benzene rings is 3.